The quantitative estimate of drug-likeness (QED) is 0.813. The Morgan fingerprint density at radius 2 is 2.00 bits per heavy atom. The van der Waals surface area contributed by atoms with Crippen molar-refractivity contribution >= 4 is 11.7 Å². The van der Waals surface area contributed by atoms with Gasteiger partial charge < -0.3 is 10.1 Å². The number of ether oxygens (including phenoxy) is 1. The number of carbonyl (C=O) groups is 1. The van der Waals surface area contributed by atoms with Gasteiger partial charge in [0, 0.05) is 5.69 Å². The van der Waals surface area contributed by atoms with Crippen LogP contribution in [-0.4, -0.2) is 18.6 Å². The fraction of sp³-hybridized carbons (Fsp3) is 0.533. The summed E-state index contributed by atoms with van der Waals surface area (Å²) in [5.74, 6) is 0.185. The van der Waals surface area contributed by atoms with Crippen molar-refractivity contribution in [3.63, 3.8) is 0 Å². The standard InChI is InChI=1S/C15H23NO2/c1-11(2)10-15(4,14(17)18-5)16-13-9-7-6-8-12(13)3/h6-9,11,16H,10H2,1-5H3. The largest absolute Gasteiger partial charge is 0.467 e. The van der Waals surface area contributed by atoms with Crippen molar-refractivity contribution in [2.45, 2.75) is 39.7 Å². The van der Waals surface area contributed by atoms with E-state index in [4.69, 9.17) is 4.74 Å². The first kappa shape index (κ1) is 14.6. The molecular formula is C15H23NO2. The minimum Gasteiger partial charge on any atom is -0.467 e. The smallest absolute Gasteiger partial charge is 0.331 e. The number of hydrogen-bond donors (Lipinski definition) is 1. The molecule has 1 aromatic rings. The van der Waals surface area contributed by atoms with Crippen LogP contribution < -0.4 is 5.32 Å². The van der Waals surface area contributed by atoms with Crippen LogP contribution in [0.25, 0.3) is 0 Å². The minimum atomic E-state index is -0.685. The van der Waals surface area contributed by atoms with Crippen LogP contribution >= 0.6 is 0 Å². The van der Waals surface area contributed by atoms with E-state index in [2.05, 4.69) is 19.2 Å². The second-order valence-corrected chi connectivity index (χ2v) is 5.36. The molecule has 1 aromatic carbocycles. The molecule has 0 bridgehead atoms. The molecule has 3 nitrogen and oxygen atoms in total. The van der Waals surface area contributed by atoms with E-state index in [1.54, 1.807) is 0 Å². The number of benzene rings is 1. The first-order chi connectivity index (χ1) is 8.39. The molecule has 0 aliphatic heterocycles. The van der Waals surface area contributed by atoms with E-state index >= 15 is 0 Å². The third kappa shape index (κ3) is 3.49. The van der Waals surface area contributed by atoms with E-state index in [0.717, 1.165) is 17.7 Å². The molecule has 1 atom stereocenters. The summed E-state index contributed by atoms with van der Waals surface area (Å²) < 4.78 is 4.93. The maximum absolute atomic E-state index is 12.0. The lowest BCUT2D eigenvalue weighted by Gasteiger charge is -2.31. The summed E-state index contributed by atoms with van der Waals surface area (Å²) >= 11 is 0. The number of carbonyl (C=O) groups excluding carboxylic acids is 1. The van der Waals surface area contributed by atoms with Crippen LogP contribution in [0.2, 0.25) is 0 Å². The maximum atomic E-state index is 12.0. The molecule has 0 radical (unpaired) electrons. The molecule has 3 heteroatoms. The van der Waals surface area contributed by atoms with Crippen molar-refractivity contribution < 1.29 is 9.53 Å². The lowest BCUT2D eigenvalue weighted by atomic mass is 9.90. The Bertz CT molecular complexity index is 415. The van der Waals surface area contributed by atoms with E-state index < -0.39 is 5.54 Å². The minimum absolute atomic E-state index is 0.223. The number of para-hydroxylation sites is 1. The highest BCUT2D eigenvalue weighted by molar-refractivity contribution is 5.84. The Labute approximate surface area is 110 Å². The molecule has 0 aliphatic rings. The van der Waals surface area contributed by atoms with E-state index in [9.17, 15) is 4.79 Å². The second-order valence-electron chi connectivity index (χ2n) is 5.36. The summed E-state index contributed by atoms with van der Waals surface area (Å²) in [7, 11) is 1.43. The molecule has 0 amide bonds. The van der Waals surface area contributed by atoms with Crippen molar-refractivity contribution in [2.75, 3.05) is 12.4 Å². The monoisotopic (exact) mass is 249 g/mol. The third-order valence-electron chi connectivity index (χ3n) is 3.01. The van der Waals surface area contributed by atoms with E-state index in [1.165, 1.54) is 7.11 Å². The van der Waals surface area contributed by atoms with Crippen LogP contribution in [0.15, 0.2) is 24.3 Å². The fourth-order valence-corrected chi connectivity index (χ4v) is 2.24. The lowest BCUT2D eigenvalue weighted by Crippen LogP contribution is -2.45. The van der Waals surface area contributed by atoms with Gasteiger partial charge >= 0.3 is 5.97 Å². The van der Waals surface area contributed by atoms with Gasteiger partial charge in [-0.25, -0.2) is 4.79 Å². The maximum Gasteiger partial charge on any atom is 0.331 e. The molecule has 0 fully saturated rings. The molecule has 1 unspecified atom stereocenters. The van der Waals surface area contributed by atoms with Gasteiger partial charge in [-0.2, -0.15) is 0 Å². The van der Waals surface area contributed by atoms with Crippen LogP contribution in [0.4, 0.5) is 5.69 Å². The fourth-order valence-electron chi connectivity index (χ4n) is 2.24. The second kappa shape index (κ2) is 5.89. The number of aryl methyl sites for hydroxylation is 1. The zero-order chi connectivity index (χ0) is 13.8. The van der Waals surface area contributed by atoms with Crippen LogP contribution in [-0.2, 0) is 9.53 Å². The van der Waals surface area contributed by atoms with E-state index in [0.29, 0.717) is 5.92 Å². The van der Waals surface area contributed by atoms with Crippen molar-refractivity contribution in [2.24, 2.45) is 5.92 Å². The van der Waals surface area contributed by atoms with Crippen LogP contribution in [0.3, 0.4) is 0 Å². The highest BCUT2D eigenvalue weighted by Gasteiger charge is 2.35. The molecule has 0 saturated carbocycles. The summed E-state index contributed by atoms with van der Waals surface area (Å²) in [5.41, 5.74) is 1.41. The Hall–Kier alpha value is -1.51. The summed E-state index contributed by atoms with van der Waals surface area (Å²) in [6.07, 6.45) is 0.730. The lowest BCUT2D eigenvalue weighted by molar-refractivity contribution is -0.146. The number of anilines is 1. The molecule has 0 aliphatic carbocycles. The van der Waals surface area contributed by atoms with Gasteiger partial charge in [-0.1, -0.05) is 32.0 Å². The molecule has 1 N–H and O–H groups in total. The molecule has 0 heterocycles. The number of esters is 1. The van der Waals surface area contributed by atoms with E-state index in [-0.39, 0.29) is 5.97 Å². The predicted molar refractivity (Wildman–Crippen MR) is 74.7 cm³/mol. The SMILES string of the molecule is COC(=O)C(C)(CC(C)C)Nc1ccccc1C. The van der Waals surface area contributed by atoms with Gasteiger partial charge in [0.15, 0.2) is 0 Å². The highest BCUT2D eigenvalue weighted by Crippen LogP contribution is 2.25. The summed E-state index contributed by atoms with van der Waals surface area (Å²) in [6.45, 7) is 8.11. The van der Waals surface area contributed by atoms with Gasteiger partial charge in [-0.15, -0.1) is 0 Å². The highest BCUT2D eigenvalue weighted by atomic mass is 16.5. The number of rotatable bonds is 5. The van der Waals surface area contributed by atoms with Crippen LogP contribution in [0, 0.1) is 12.8 Å². The van der Waals surface area contributed by atoms with Crippen molar-refractivity contribution in [1.29, 1.82) is 0 Å². The Morgan fingerprint density at radius 3 is 2.50 bits per heavy atom. The molecule has 0 aromatic heterocycles. The average Bonchev–Trinajstić information content (AvgIpc) is 2.30. The molecule has 100 valence electrons. The molecule has 0 saturated heterocycles. The molecule has 1 rings (SSSR count). The number of hydrogen-bond acceptors (Lipinski definition) is 3. The van der Waals surface area contributed by atoms with Gasteiger partial charge in [-0.3, -0.25) is 0 Å². The van der Waals surface area contributed by atoms with Gasteiger partial charge in [0.2, 0.25) is 0 Å². The molecule has 18 heavy (non-hydrogen) atoms. The third-order valence-corrected chi connectivity index (χ3v) is 3.01. The van der Waals surface area contributed by atoms with E-state index in [1.807, 2.05) is 38.1 Å². The van der Waals surface area contributed by atoms with Crippen molar-refractivity contribution in [1.82, 2.24) is 0 Å². The zero-order valence-electron chi connectivity index (χ0n) is 11.9. The number of nitrogens with one attached hydrogen (secondary N) is 1. The van der Waals surface area contributed by atoms with Gasteiger partial charge in [0.05, 0.1) is 7.11 Å². The first-order valence-electron chi connectivity index (χ1n) is 6.31. The van der Waals surface area contributed by atoms with Gasteiger partial charge in [-0.05, 0) is 37.8 Å². The Kier molecular flexibility index (Phi) is 4.76. The summed E-state index contributed by atoms with van der Waals surface area (Å²) in [6, 6.07) is 7.95. The molecule has 0 spiro atoms. The van der Waals surface area contributed by atoms with Gasteiger partial charge in [0.25, 0.3) is 0 Å². The first-order valence-corrected chi connectivity index (χ1v) is 6.31. The average molecular weight is 249 g/mol. The van der Waals surface area contributed by atoms with Crippen molar-refractivity contribution in [3.05, 3.63) is 29.8 Å². The number of methoxy groups -OCH3 is 1. The summed E-state index contributed by atoms with van der Waals surface area (Å²) in [5, 5.41) is 3.33. The zero-order valence-corrected chi connectivity index (χ0v) is 11.9. The predicted octanol–water partition coefficient (Wildman–Crippen LogP) is 3.38. The summed E-state index contributed by atoms with van der Waals surface area (Å²) in [4.78, 5) is 12.0. The van der Waals surface area contributed by atoms with Crippen molar-refractivity contribution in [3.8, 4) is 0 Å². The van der Waals surface area contributed by atoms with Gasteiger partial charge in [0.1, 0.15) is 5.54 Å². The Morgan fingerprint density at radius 1 is 1.39 bits per heavy atom. The Balaban J connectivity index is 2.99. The molecular weight excluding hydrogens is 226 g/mol. The van der Waals surface area contributed by atoms with Crippen LogP contribution in [0.1, 0.15) is 32.8 Å². The topological polar surface area (TPSA) is 38.3 Å². The van der Waals surface area contributed by atoms with Crippen LogP contribution in [0.5, 0.6) is 0 Å². The normalized spacial score (nSPS) is 14.1.